The summed E-state index contributed by atoms with van der Waals surface area (Å²) in [6, 6.07) is 16.8. The highest BCUT2D eigenvalue weighted by molar-refractivity contribution is 9.10. The predicted molar refractivity (Wildman–Crippen MR) is 81.0 cm³/mol. The van der Waals surface area contributed by atoms with Crippen LogP contribution in [0.4, 0.5) is 0 Å². The fourth-order valence-corrected chi connectivity index (χ4v) is 2.15. The first kappa shape index (κ1) is 12.9. The summed E-state index contributed by atoms with van der Waals surface area (Å²) in [4.78, 5) is 11.8. The van der Waals surface area contributed by atoms with E-state index in [4.69, 9.17) is 9.15 Å². The Morgan fingerprint density at radius 1 is 1.05 bits per heavy atom. The van der Waals surface area contributed by atoms with E-state index in [-0.39, 0.29) is 5.75 Å². The summed E-state index contributed by atoms with van der Waals surface area (Å²) in [7, 11) is 0. The molecule has 0 aliphatic carbocycles. The van der Waals surface area contributed by atoms with E-state index in [0.29, 0.717) is 12.2 Å². The molecule has 0 atom stereocenters. The van der Waals surface area contributed by atoms with Gasteiger partial charge in [0.15, 0.2) is 0 Å². The summed E-state index contributed by atoms with van der Waals surface area (Å²) in [6.07, 6.45) is 0. The molecule has 3 aromatic rings. The lowest BCUT2D eigenvalue weighted by Gasteiger charge is -2.06. The first-order valence-corrected chi connectivity index (χ1v) is 6.92. The molecule has 0 spiro atoms. The molecule has 20 heavy (non-hydrogen) atoms. The number of halogens is 1. The van der Waals surface area contributed by atoms with Crippen LogP contribution in [0.15, 0.2) is 68.3 Å². The van der Waals surface area contributed by atoms with Crippen molar-refractivity contribution >= 4 is 26.9 Å². The van der Waals surface area contributed by atoms with Gasteiger partial charge in [-0.1, -0.05) is 46.3 Å². The topological polar surface area (TPSA) is 39.4 Å². The van der Waals surface area contributed by atoms with Gasteiger partial charge in [0.25, 0.3) is 0 Å². The van der Waals surface area contributed by atoms with Crippen molar-refractivity contribution in [3.63, 3.8) is 0 Å². The van der Waals surface area contributed by atoms with E-state index >= 15 is 0 Å². The fourth-order valence-electron chi connectivity index (χ4n) is 1.89. The van der Waals surface area contributed by atoms with Crippen LogP contribution < -0.4 is 10.4 Å². The fraction of sp³-hybridized carbons (Fsp3) is 0.0625. The molecule has 0 saturated carbocycles. The normalized spacial score (nSPS) is 10.7. The zero-order chi connectivity index (χ0) is 13.9. The van der Waals surface area contributed by atoms with E-state index in [1.807, 2.05) is 42.5 Å². The largest absolute Gasteiger partial charge is 0.482 e. The van der Waals surface area contributed by atoms with Gasteiger partial charge in [0.1, 0.15) is 12.2 Å². The summed E-state index contributed by atoms with van der Waals surface area (Å²) in [5, 5.41) is 0.845. The minimum Gasteiger partial charge on any atom is -0.482 e. The molecule has 0 N–H and O–H groups in total. The van der Waals surface area contributed by atoms with Crippen LogP contribution in [0.3, 0.4) is 0 Å². The van der Waals surface area contributed by atoms with E-state index in [1.165, 1.54) is 0 Å². The van der Waals surface area contributed by atoms with Crippen LogP contribution in [-0.4, -0.2) is 0 Å². The van der Waals surface area contributed by atoms with E-state index in [9.17, 15) is 4.79 Å². The minimum atomic E-state index is -0.458. The Kier molecular flexibility index (Phi) is 3.56. The molecule has 3 rings (SSSR count). The third-order valence-corrected chi connectivity index (χ3v) is 3.45. The summed E-state index contributed by atoms with van der Waals surface area (Å²) in [6.45, 7) is 0.330. The number of hydrogen-bond donors (Lipinski definition) is 0. The standard InChI is InChI=1S/C16H11BrO3/c17-13-7-5-11(6-8-13)10-19-15-9-12-3-1-2-4-14(12)20-16(15)18/h1-9H,10H2. The lowest BCUT2D eigenvalue weighted by molar-refractivity contribution is 0.291. The van der Waals surface area contributed by atoms with Crippen LogP contribution in [0.25, 0.3) is 11.0 Å². The molecule has 0 fully saturated rings. The van der Waals surface area contributed by atoms with E-state index in [2.05, 4.69) is 15.9 Å². The monoisotopic (exact) mass is 330 g/mol. The van der Waals surface area contributed by atoms with Crippen molar-refractivity contribution in [1.29, 1.82) is 0 Å². The van der Waals surface area contributed by atoms with Crippen molar-refractivity contribution in [3.05, 3.63) is 75.1 Å². The van der Waals surface area contributed by atoms with Crippen molar-refractivity contribution < 1.29 is 9.15 Å². The quantitative estimate of drug-likeness (QED) is 0.677. The molecule has 4 heteroatoms. The molecule has 0 unspecified atom stereocenters. The summed E-state index contributed by atoms with van der Waals surface area (Å²) in [5.41, 5.74) is 1.09. The van der Waals surface area contributed by atoms with Gasteiger partial charge in [-0.05, 0) is 29.8 Å². The van der Waals surface area contributed by atoms with Crippen molar-refractivity contribution in [2.24, 2.45) is 0 Å². The van der Waals surface area contributed by atoms with Crippen LogP contribution in [-0.2, 0) is 6.61 Å². The van der Waals surface area contributed by atoms with Gasteiger partial charge in [-0.3, -0.25) is 0 Å². The Balaban J connectivity index is 1.85. The second-order valence-electron chi connectivity index (χ2n) is 4.35. The van der Waals surface area contributed by atoms with E-state index in [1.54, 1.807) is 12.1 Å². The number of rotatable bonds is 3. The molecule has 3 nitrogen and oxygen atoms in total. The molecular formula is C16H11BrO3. The van der Waals surface area contributed by atoms with Gasteiger partial charge in [0.2, 0.25) is 5.75 Å². The molecule has 0 amide bonds. The molecule has 100 valence electrons. The van der Waals surface area contributed by atoms with Crippen LogP contribution in [0, 0.1) is 0 Å². The average Bonchev–Trinajstić information content (AvgIpc) is 2.47. The number of hydrogen-bond acceptors (Lipinski definition) is 3. The Hall–Kier alpha value is -2.07. The zero-order valence-electron chi connectivity index (χ0n) is 10.5. The van der Waals surface area contributed by atoms with Crippen molar-refractivity contribution in [1.82, 2.24) is 0 Å². The molecule has 0 radical (unpaired) electrons. The maximum absolute atomic E-state index is 11.8. The molecular weight excluding hydrogens is 320 g/mol. The summed E-state index contributed by atoms with van der Waals surface area (Å²) < 4.78 is 11.8. The third-order valence-electron chi connectivity index (χ3n) is 2.92. The second-order valence-corrected chi connectivity index (χ2v) is 5.27. The van der Waals surface area contributed by atoms with Crippen molar-refractivity contribution in [3.8, 4) is 5.75 Å². The van der Waals surface area contributed by atoms with E-state index in [0.717, 1.165) is 15.4 Å². The Labute approximate surface area is 123 Å². The van der Waals surface area contributed by atoms with Crippen LogP contribution in [0.5, 0.6) is 5.75 Å². The van der Waals surface area contributed by atoms with Gasteiger partial charge in [-0.15, -0.1) is 0 Å². The summed E-state index contributed by atoms with van der Waals surface area (Å²) in [5.74, 6) is 0.228. The molecule has 2 aromatic carbocycles. The van der Waals surface area contributed by atoms with Gasteiger partial charge in [0, 0.05) is 9.86 Å². The van der Waals surface area contributed by atoms with Crippen LogP contribution >= 0.6 is 15.9 Å². The number of benzene rings is 2. The number of ether oxygens (including phenoxy) is 1. The Morgan fingerprint density at radius 2 is 1.80 bits per heavy atom. The highest BCUT2D eigenvalue weighted by Crippen LogP contribution is 2.18. The number of fused-ring (bicyclic) bond motifs is 1. The first-order valence-electron chi connectivity index (χ1n) is 6.12. The summed E-state index contributed by atoms with van der Waals surface area (Å²) >= 11 is 3.37. The van der Waals surface area contributed by atoms with E-state index < -0.39 is 5.63 Å². The van der Waals surface area contributed by atoms with Gasteiger partial charge in [-0.25, -0.2) is 4.79 Å². The molecule has 1 aromatic heterocycles. The highest BCUT2D eigenvalue weighted by Gasteiger charge is 2.06. The molecule has 0 bridgehead atoms. The predicted octanol–water partition coefficient (Wildman–Crippen LogP) is 4.13. The Morgan fingerprint density at radius 3 is 2.60 bits per heavy atom. The lowest BCUT2D eigenvalue weighted by Crippen LogP contribution is -2.06. The van der Waals surface area contributed by atoms with Crippen LogP contribution in [0.1, 0.15) is 5.56 Å². The van der Waals surface area contributed by atoms with Gasteiger partial charge >= 0.3 is 5.63 Å². The van der Waals surface area contributed by atoms with Crippen LogP contribution in [0.2, 0.25) is 0 Å². The number of para-hydroxylation sites is 1. The second kappa shape index (κ2) is 5.51. The SMILES string of the molecule is O=c1oc2ccccc2cc1OCc1ccc(Br)cc1. The zero-order valence-corrected chi connectivity index (χ0v) is 12.1. The third kappa shape index (κ3) is 2.75. The smallest absolute Gasteiger partial charge is 0.379 e. The average molecular weight is 331 g/mol. The Bertz CT molecular complexity index is 791. The first-order chi connectivity index (χ1) is 9.72. The maximum Gasteiger partial charge on any atom is 0.379 e. The molecule has 0 aliphatic rings. The highest BCUT2D eigenvalue weighted by atomic mass is 79.9. The van der Waals surface area contributed by atoms with Gasteiger partial charge in [0.05, 0.1) is 0 Å². The maximum atomic E-state index is 11.8. The minimum absolute atomic E-state index is 0.228. The van der Waals surface area contributed by atoms with Gasteiger partial charge in [-0.2, -0.15) is 0 Å². The lowest BCUT2D eigenvalue weighted by atomic mass is 10.2. The van der Waals surface area contributed by atoms with Gasteiger partial charge < -0.3 is 9.15 Å². The molecule has 0 aliphatic heterocycles. The molecule has 0 saturated heterocycles. The van der Waals surface area contributed by atoms with Crippen molar-refractivity contribution in [2.45, 2.75) is 6.61 Å². The van der Waals surface area contributed by atoms with Crippen molar-refractivity contribution in [2.75, 3.05) is 0 Å². The molecule has 1 heterocycles.